The van der Waals surface area contributed by atoms with E-state index in [1.54, 1.807) is 0 Å². The third-order valence-corrected chi connectivity index (χ3v) is 3.05. The molecule has 0 saturated carbocycles. The third kappa shape index (κ3) is 2.45. The first kappa shape index (κ1) is 10.4. The Bertz CT molecular complexity index is 172. The van der Waals surface area contributed by atoms with Gasteiger partial charge in [0, 0.05) is 25.0 Å². The summed E-state index contributed by atoms with van der Waals surface area (Å²) < 4.78 is 10.7. The first-order valence-corrected chi connectivity index (χ1v) is 5.49. The van der Waals surface area contributed by atoms with Crippen LogP contribution in [0.3, 0.4) is 0 Å². The number of morpholine rings is 1. The Morgan fingerprint density at radius 3 is 2.71 bits per heavy atom. The van der Waals surface area contributed by atoms with Gasteiger partial charge in [0.05, 0.1) is 26.4 Å². The molecule has 2 N–H and O–H groups in total. The second kappa shape index (κ2) is 5.07. The van der Waals surface area contributed by atoms with Crippen molar-refractivity contribution in [3.05, 3.63) is 0 Å². The summed E-state index contributed by atoms with van der Waals surface area (Å²) >= 11 is 0. The van der Waals surface area contributed by atoms with Crippen LogP contribution in [0.1, 0.15) is 6.42 Å². The molecule has 82 valence electrons. The maximum atomic E-state index is 5.59. The molecule has 0 aromatic rings. The molecule has 0 bridgehead atoms. The molecular weight excluding hydrogens is 180 g/mol. The predicted octanol–water partition coefficient (Wildman–Crippen LogP) is -0.318. The van der Waals surface area contributed by atoms with Crippen LogP contribution in [0.5, 0.6) is 0 Å². The molecule has 4 nitrogen and oxygen atoms in total. The van der Waals surface area contributed by atoms with Crippen molar-refractivity contribution < 1.29 is 9.47 Å². The zero-order valence-corrected chi connectivity index (χ0v) is 8.65. The largest absolute Gasteiger partial charge is 0.381 e. The van der Waals surface area contributed by atoms with Crippen molar-refractivity contribution in [3.8, 4) is 0 Å². The SMILES string of the molecule is NCCC1COCCN1CC1COC1. The average Bonchev–Trinajstić information content (AvgIpc) is 2.14. The highest BCUT2D eigenvalue weighted by Crippen LogP contribution is 2.17. The lowest BCUT2D eigenvalue weighted by Crippen LogP contribution is -2.50. The van der Waals surface area contributed by atoms with Crippen molar-refractivity contribution in [2.45, 2.75) is 12.5 Å². The van der Waals surface area contributed by atoms with E-state index in [1.165, 1.54) is 0 Å². The molecule has 14 heavy (non-hydrogen) atoms. The van der Waals surface area contributed by atoms with Gasteiger partial charge in [0.25, 0.3) is 0 Å². The molecule has 2 saturated heterocycles. The number of nitrogens with zero attached hydrogens (tertiary/aromatic N) is 1. The zero-order valence-electron chi connectivity index (χ0n) is 8.65. The van der Waals surface area contributed by atoms with Crippen molar-refractivity contribution in [2.75, 3.05) is 46.1 Å². The third-order valence-electron chi connectivity index (χ3n) is 3.05. The lowest BCUT2D eigenvalue weighted by atomic mass is 10.0. The highest BCUT2D eigenvalue weighted by Gasteiger charge is 2.27. The summed E-state index contributed by atoms with van der Waals surface area (Å²) in [6.45, 7) is 6.57. The minimum absolute atomic E-state index is 0.536. The number of ether oxygens (including phenoxy) is 2. The van der Waals surface area contributed by atoms with Crippen LogP contribution >= 0.6 is 0 Å². The Morgan fingerprint density at radius 1 is 1.21 bits per heavy atom. The summed E-state index contributed by atoms with van der Waals surface area (Å²) in [6.07, 6.45) is 1.05. The van der Waals surface area contributed by atoms with E-state index in [0.29, 0.717) is 6.04 Å². The Hall–Kier alpha value is -0.160. The molecule has 2 aliphatic rings. The fourth-order valence-electron chi connectivity index (χ4n) is 2.11. The van der Waals surface area contributed by atoms with Gasteiger partial charge in [0.2, 0.25) is 0 Å². The van der Waals surface area contributed by atoms with E-state index in [1.807, 2.05) is 0 Å². The van der Waals surface area contributed by atoms with E-state index in [4.69, 9.17) is 15.2 Å². The number of rotatable bonds is 4. The Morgan fingerprint density at radius 2 is 2.07 bits per heavy atom. The fraction of sp³-hybridized carbons (Fsp3) is 1.00. The van der Waals surface area contributed by atoms with Gasteiger partial charge in [0.15, 0.2) is 0 Å². The number of hydrogen-bond acceptors (Lipinski definition) is 4. The summed E-state index contributed by atoms with van der Waals surface area (Å²) in [5.74, 6) is 0.744. The lowest BCUT2D eigenvalue weighted by molar-refractivity contribution is -0.0755. The van der Waals surface area contributed by atoms with Crippen LogP contribution in [-0.2, 0) is 9.47 Å². The molecule has 2 fully saturated rings. The molecule has 0 radical (unpaired) electrons. The van der Waals surface area contributed by atoms with E-state index >= 15 is 0 Å². The molecule has 0 aromatic carbocycles. The van der Waals surface area contributed by atoms with E-state index < -0.39 is 0 Å². The molecule has 0 amide bonds. The van der Waals surface area contributed by atoms with Crippen LogP contribution in [0.2, 0.25) is 0 Å². The maximum absolute atomic E-state index is 5.59. The van der Waals surface area contributed by atoms with Crippen molar-refractivity contribution in [2.24, 2.45) is 11.7 Å². The summed E-state index contributed by atoms with van der Waals surface area (Å²) in [5.41, 5.74) is 5.59. The van der Waals surface area contributed by atoms with Gasteiger partial charge in [-0.3, -0.25) is 4.90 Å². The molecule has 2 rings (SSSR count). The second-order valence-electron chi connectivity index (χ2n) is 4.20. The van der Waals surface area contributed by atoms with Crippen LogP contribution in [0, 0.1) is 5.92 Å². The molecule has 4 heteroatoms. The monoisotopic (exact) mass is 200 g/mol. The molecule has 0 aliphatic carbocycles. The van der Waals surface area contributed by atoms with Gasteiger partial charge < -0.3 is 15.2 Å². The minimum atomic E-state index is 0.536. The summed E-state index contributed by atoms with van der Waals surface area (Å²) in [7, 11) is 0. The van der Waals surface area contributed by atoms with Gasteiger partial charge in [-0.05, 0) is 13.0 Å². The fourth-order valence-corrected chi connectivity index (χ4v) is 2.11. The van der Waals surface area contributed by atoms with Gasteiger partial charge in [-0.1, -0.05) is 0 Å². The minimum Gasteiger partial charge on any atom is -0.381 e. The number of nitrogens with two attached hydrogens (primary N) is 1. The Labute approximate surface area is 85.3 Å². The van der Waals surface area contributed by atoms with E-state index in [-0.39, 0.29) is 0 Å². The number of hydrogen-bond donors (Lipinski definition) is 1. The molecule has 0 aromatic heterocycles. The lowest BCUT2D eigenvalue weighted by Gasteiger charge is -2.39. The summed E-state index contributed by atoms with van der Waals surface area (Å²) in [6, 6.07) is 0.536. The van der Waals surface area contributed by atoms with Gasteiger partial charge in [-0.25, -0.2) is 0 Å². The topological polar surface area (TPSA) is 47.7 Å². The zero-order chi connectivity index (χ0) is 9.80. The summed E-state index contributed by atoms with van der Waals surface area (Å²) in [5, 5.41) is 0. The first-order valence-electron chi connectivity index (χ1n) is 5.49. The summed E-state index contributed by atoms with van der Waals surface area (Å²) in [4.78, 5) is 2.52. The highest BCUT2D eigenvalue weighted by molar-refractivity contribution is 4.79. The molecule has 1 unspecified atom stereocenters. The Kier molecular flexibility index (Phi) is 3.75. The van der Waals surface area contributed by atoms with Crippen LogP contribution < -0.4 is 5.73 Å². The van der Waals surface area contributed by atoms with Crippen LogP contribution in [-0.4, -0.2) is 57.0 Å². The molecule has 2 aliphatic heterocycles. The van der Waals surface area contributed by atoms with Crippen molar-refractivity contribution in [3.63, 3.8) is 0 Å². The van der Waals surface area contributed by atoms with Crippen molar-refractivity contribution in [1.29, 1.82) is 0 Å². The van der Waals surface area contributed by atoms with Gasteiger partial charge in [-0.15, -0.1) is 0 Å². The second-order valence-corrected chi connectivity index (χ2v) is 4.20. The normalized spacial score (nSPS) is 30.2. The van der Waals surface area contributed by atoms with Crippen LogP contribution in [0.15, 0.2) is 0 Å². The predicted molar refractivity (Wildman–Crippen MR) is 54.2 cm³/mol. The molecule has 2 heterocycles. The average molecular weight is 200 g/mol. The first-order chi connectivity index (χ1) is 6.90. The quantitative estimate of drug-likeness (QED) is 0.676. The van der Waals surface area contributed by atoms with Crippen LogP contribution in [0.25, 0.3) is 0 Å². The molecular formula is C10H20N2O2. The van der Waals surface area contributed by atoms with Crippen molar-refractivity contribution in [1.82, 2.24) is 4.90 Å². The van der Waals surface area contributed by atoms with E-state index in [0.717, 1.165) is 58.4 Å². The maximum Gasteiger partial charge on any atom is 0.0622 e. The Balaban J connectivity index is 1.78. The van der Waals surface area contributed by atoms with Gasteiger partial charge >= 0.3 is 0 Å². The highest BCUT2D eigenvalue weighted by atomic mass is 16.5. The van der Waals surface area contributed by atoms with E-state index in [9.17, 15) is 0 Å². The molecule has 0 spiro atoms. The smallest absolute Gasteiger partial charge is 0.0622 e. The standard InChI is InChI=1S/C10H20N2O2/c11-2-1-10-8-13-4-3-12(10)5-9-6-14-7-9/h9-10H,1-8,11H2. The van der Waals surface area contributed by atoms with Crippen molar-refractivity contribution >= 4 is 0 Å². The van der Waals surface area contributed by atoms with Gasteiger partial charge in [0.1, 0.15) is 0 Å². The van der Waals surface area contributed by atoms with Gasteiger partial charge in [-0.2, -0.15) is 0 Å². The molecule has 1 atom stereocenters. The van der Waals surface area contributed by atoms with Crippen LogP contribution in [0.4, 0.5) is 0 Å². The van der Waals surface area contributed by atoms with E-state index in [2.05, 4.69) is 4.90 Å².